The largest absolute Gasteiger partial charge is 0.480 e. The lowest BCUT2D eigenvalue weighted by atomic mass is 9.96. The highest BCUT2D eigenvalue weighted by molar-refractivity contribution is 5.94. The molecule has 0 heterocycles. The number of nitrogens with one attached hydrogen (secondary N) is 3. The highest BCUT2D eigenvalue weighted by Gasteiger charge is 2.34. The van der Waals surface area contributed by atoms with Crippen LogP contribution in [0.15, 0.2) is 0 Å². The zero-order chi connectivity index (χ0) is 25.2. The number of hydrogen-bond acceptors (Lipinski definition) is 6. The first-order valence-electron chi connectivity index (χ1n) is 11.3. The summed E-state index contributed by atoms with van der Waals surface area (Å²) in [6, 6.07) is -4.20. The third kappa shape index (κ3) is 10.4. The zero-order valence-electron chi connectivity index (χ0n) is 20.3. The molecule has 7 N–H and O–H groups in total. The van der Waals surface area contributed by atoms with E-state index < -0.39 is 54.0 Å². The predicted octanol–water partition coefficient (Wildman–Crippen LogP) is 0.372. The van der Waals surface area contributed by atoms with Crippen LogP contribution in [0, 0.1) is 17.8 Å². The molecule has 0 aliphatic heterocycles. The molecular weight excluding hydrogens is 416 g/mol. The summed E-state index contributed by atoms with van der Waals surface area (Å²) in [5.41, 5.74) is 5.94. The lowest BCUT2D eigenvalue weighted by Gasteiger charge is -2.29. The SMILES string of the molecule is CCC(C)C(NC(=O)C(CC(C)C)NC(=O)C(N)CC(C)C)C(=O)NC(C(=O)O)C(C)O. The zero-order valence-corrected chi connectivity index (χ0v) is 20.3. The van der Waals surface area contributed by atoms with Crippen LogP contribution in [0.3, 0.4) is 0 Å². The van der Waals surface area contributed by atoms with Crippen molar-refractivity contribution in [2.24, 2.45) is 23.5 Å². The third-order valence-electron chi connectivity index (χ3n) is 5.24. The molecule has 0 saturated carbocycles. The Morgan fingerprint density at radius 3 is 1.69 bits per heavy atom. The summed E-state index contributed by atoms with van der Waals surface area (Å²) >= 11 is 0. The topological polar surface area (TPSA) is 171 Å². The Balaban J connectivity index is 5.55. The van der Waals surface area contributed by atoms with Crippen LogP contribution in [0.4, 0.5) is 0 Å². The molecule has 0 aromatic heterocycles. The first-order valence-corrected chi connectivity index (χ1v) is 11.3. The van der Waals surface area contributed by atoms with Gasteiger partial charge in [-0.25, -0.2) is 4.79 Å². The summed E-state index contributed by atoms with van der Waals surface area (Å²) in [5.74, 6) is -3.12. The second-order valence-electron chi connectivity index (χ2n) is 9.36. The Labute approximate surface area is 191 Å². The molecule has 0 aliphatic carbocycles. The van der Waals surface area contributed by atoms with Crippen molar-refractivity contribution in [2.75, 3.05) is 0 Å². The molecule has 10 nitrogen and oxygen atoms in total. The molecule has 0 aromatic carbocycles. The van der Waals surface area contributed by atoms with Crippen molar-refractivity contribution in [1.82, 2.24) is 16.0 Å². The van der Waals surface area contributed by atoms with Crippen molar-refractivity contribution in [2.45, 2.75) is 98.0 Å². The smallest absolute Gasteiger partial charge is 0.328 e. The van der Waals surface area contributed by atoms with E-state index in [0.717, 1.165) is 0 Å². The molecule has 0 aromatic rings. The molecule has 6 unspecified atom stereocenters. The van der Waals surface area contributed by atoms with Crippen LogP contribution in [0.1, 0.15) is 67.7 Å². The number of carbonyl (C=O) groups excluding carboxylic acids is 3. The molecule has 0 fully saturated rings. The van der Waals surface area contributed by atoms with Gasteiger partial charge in [-0.15, -0.1) is 0 Å². The van der Waals surface area contributed by atoms with Gasteiger partial charge in [0.05, 0.1) is 12.1 Å². The van der Waals surface area contributed by atoms with Gasteiger partial charge in [0.15, 0.2) is 6.04 Å². The van der Waals surface area contributed by atoms with Gasteiger partial charge in [0.2, 0.25) is 17.7 Å². The molecule has 0 spiro atoms. The number of aliphatic carboxylic acids is 1. The Bertz CT molecular complexity index is 638. The fourth-order valence-electron chi connectivity index (χ4n) is 3.18. The van der Waals surface area contributed by atoms with Crippen LogP contribution in [-0.2, 0) is 19.2 Å². The summed E-state index contributed by atoms with van der Waals surface area (Å²) in [6.45, 7) is 12.5. The van der Waals surface area contributed by atoms with Crippen LogP contribution >= 0.6 is 0 Å². The van der Waals surface area contributed by atoms with Gasteiger partial charge in [0.1, 0.15) is 12.1 Å². The van der Waals surface area contributed by atoms with Crippen LogP contribution < -0.4 is 21.7 Å². The Hall–Kier alpha value is -2.20. The van der Waals surface area contributed by atoms with Crippen molar-refractivity contribution < 1.29 is 29.4 Å². The summed E-state index contributed by atoms with van der Waals surface area (Å²) < 4.78 is 0. The molecule has 0 saturated heterocycles. The molecule has 3 amide bonds. The van der Waals surface area contributed by atoms with Gasteiger partial charge < -0.3 is 31.9 Å². The minimum absolute atomic E-state index is 0.0786. The maximum Gasteiger partial charge on any atom is 0.328 e. The number of carbonyl (C=O) groups is 4. The van der Waals surface area contributed by atoms with Crippen LogP contribution in [0.25, 0.3) is 0 Å². The average molecular weight is 459 g/mol. The van der Waals surface area contributed by atoms with Crippen LogP contribution in [0.2, 0.25) is 0 Å². The van der Waals surface area contributed by atoms with Crippen molar-refractivity contribution in [1.29, 1.82) is 0 Å². The molecule has 10 heteroatoms. The maximum atomic E-state index is 13.0. The first-order chi connectivity index (χ1) is 14.7. The summed E-state index contributed by atoms with van der Waals surface area (Å²) in [6.07, 6.45) is 0.0211. The van der Waals surface area contributed by atoms with Crippen molar-refractivity contribution in [3.63, 3.8) is 0 Å². The van der Waals surface area contributed by atoms with Crippen molar-refractivity contribution >= 4 is 23.7 Å². The van der Waals surface area contributed by atoms with E-state index in [1.54, 1.807) is 6.92 Å². The molecule has 32 heavy (non-hydrogen) atoms. The van der Waals surface area contributed by atoms with Gasteiger partial charge in [0.25, 0.3) is 0 Å². The van der Waals surface area contributed by atoms with Crippen molar-refractivity contribution in [3.05, 3.63) is 0 Å². The Kier molecular flexibility index (Phi) is 13.1. The van der Waals surface area contributed by atoms with Crippen LogP contribution in [0.5, 0.6) is 0 Å². The summed E-state index contributed by atoms with van der Waals surface area (Å²) in [5, 5.41) is 26.5. The van der Waals surface area contributed by atoms with E-state index in [4.69, 9.17) is 5.73 Å². The summed E-state index contributed by atoms with van der Waals surface area (Å²) in [4.78, 5) is 49.6. The van der Waals surface area contributed by atoms with E-state index in [1.807, 2.05) is 34.6 Å². The number of hydrogen-bond donors (Lipinski definition) is 6. The molecule has 6 atom stereocenters. The van der Waals surface area contributed by atoms with Gasteiger partial charge in [0, 0.05) is 0 Å². The number of rotatable bonds is 14. The van der Waals surface area contributed by atoms with E-state index >= 15 is 0 Å². The van der Waals surface area contributed by atoms with Gasteiger partial charge in [-0.2, -0.15) is 0 Å². The first kappa shape index (κ1) is 29.8. The van der Waals surface area contributed by atoms with Crippen LogP contribution in [-0.4, -0.2) is 64.2 Å². The van der Waals surface area contributed by atoms with E-state index in [2.05, 4.69) is 16.0 Å². The van der Waals surface area contributed by atoms with Gasteiger partial charge >= 0.3 is 5.97 Å². The lowest BCUT2D eigenvalue weighted by Crippen LogP contribution is -2.60. The number of carboxylic acids is 1. The molecular formula is C22H42N4O6. The van der Waals surface area contributed by atoms with E-state index in [1.165, 1.54) is 6.92 Å². The minimum atomic E-state index is -1.51. The van der Waals surface area contributed by atoms with Gasteiger partial charge in [-0.05, 0) is 37.5 Å². The normalized spacial score (nSPS) is 17.1. The fraction of sp³-hybridized carbons (Fsp3) is 0.818. The molecule has 0 rings (SSSR count). The predicted molar refractivity (Wildman–Crippen MR) is 121 cm³/mol. The van der Waals surface area contributed by atoms with E-state index in [0.29, 0.717) is 19.3 Å². The van der Waals surface area contributed by atoms with Gasteiger partial charge in [-0.3, -0.25) is 14.4 Å². The number of nitrogens with two attached hydrogens (primary N) is 1. The quantitative estimate of drug-likeness (QED) is 0.218. The molecule has 186 valence electrons. The number of amides is 3. The molecule has 0 aliphatic rings. The maximum absolute atomic E-state index is 13.0. The fourth-order valence-corrected chi connectivity index (χ4v) is 3.18. The number of aliphatic hydroxyl groups is 1. The van der Waals surface area contributed by atoms with Gasteiger partial charge in [-0.1, -0.05) is 48.0 Å². The Morgan fingerprint density at radius 2 is 1.28 bits per heavy atom. The van der Waals surface area contributed by atoms with E-state index in [9.17, 15) is 29.4 Å². The second kappa shape index (κ2) is 14.1. The highest BCUT2D eigenvalue weighted by atomic mass is 16.4. The molecule has 0 bridgehead atoms. The monoisotopic (exact) mass is 458 g/mol. The van der Waals surface area contributed by atoms with E-state index in [-0.39, 0.29) is 17.8 Å². The third-order valence-corrected chi connectivity index (χ3v) is 5.24. The number of aliphatic hydroxyl groups excluding tert-OH is 1. The Morgan fingerprint density at radius 1 is 0.781 bits per heavy atom. The standard InChI is InChI=1S/C22H42N4O6/c1-8-13(6)17(21(30)26-18(14(7)27)22(31)32)25-20(29)16(10-12(4)5)24-19(28)15(23)9-11(2)3/h11-18,27H,8-10,23H2,1-7H3,(H,24,28)(H,25,29)(H,26,30)(H,31,32). The molecule has 0 radical (unpaired) electrons. The second-order valence-corrected chi connectivity index (χ2v) is 9.36. The minimum Gasteiger partial charge on any atom is -0.480 e. The highest BCUT2D eigenvalue weighted by Crippen LogP contribution is 2.12. The lowest BCUT2D eigenvalue weighted by molar-refractivity contribution is -0.145. The summed E-state index contributed by atoms with van der Waals surface area (Å²) in [7, 11) is 0. The number of carboxylic acid groups (broad SMARTS) is 1. The average Bonchev–Trinajstić information content (AvgIpc) is 2.67. The van der Waals surface area contributed by atoms with Crippen molar-refractivity contribution in [3.8, 4) is 0 Å².